The van der Waals surface area contributed by atoms with Gasteiger partial charge in [-0.05, 0) is 13.8 Å². The lowest BCUT2D eigenvalue weighted by Gasteiger charge is -2.15. The van der Waals surface area contributed by atoms with Crippen molar-refractivity contribution >= 4 is 11.9 Å². The second-order valence-electron chi connectivity index (χ2n) is 4.38. The number of ether oxygens (including phenoxy) is 3. The number of nitrogens with zero attached hydrogens (tertiary/aromatic N) is 3. The van der Waals surface area contributed by atoms with Crippen molar-refractivity contribution in [2.45, 2.75) is 26.1 Å². The SMILES string of the molecule is CNc1nc(NCC(COC)OC)nc(OC(C)C)n1. The lowest BCUT2D eigenvalue weighted by atomic mass is 10.4. The van der Waals surface area contributed by atoms with Crippen molar-refractivity contribution in [2.75, 3.05) is 45.1 Å². The number of hydrogen-bond acceptors (Lipinski definition) is 8. The molecule has 8 heteroatoms. The molecule has 0 aliphatic rings. The quantitative estimate of drug-likeness (QED) is 0.687. The molecule has 0 aromatic carbocycles. The van der Waals surface area contributed by atoms with Crippen LogP contribution in [0.4, 0.5) is 11.9 Å². The molecular weight excluding hydrogens is 262 g/mol. The van der Waals surface area contributed by atoms with Crippen LogP contribution < -0.4 is 15.4 Å². The van der Waals surface area contributed by atoms with Gasteiger partial charge in [-0.15, -0.1) is 0 Å². The third kappa shape index (κ3) is 5.54. The van der Waals surface area contributed by atoms with Crippen molar-refractivity contribution in [3.8, 4) is 6.01 Å². The molecule has 20 heavy (non-hydrogen) atoms. The van der Waals surface area contributed by atoms with Gasteiger partial charge >= 0.3 is 6.01 Å². The Labute approximate surface area is 119 Å². The lowest BCUT2D eigenvalue weighted by molar-refractivity contribution is 0.0364. The molecule has 0 fully saturated rings. The zero-order valence-electron chi connectivity index (χ0n) is 12.6. The highest BCUT2D eigenvalue weighted by atomic mass is 16.5. The molecular formula is C12H23N5O3. The van der Waals surface area contributed by atoms with Crippen LogP contribution in [0, 0.1) is 0 Å². The predicted octanol–water partition coefficient (Wildman–Crippen LogP) is 0.774. The van der Waals surface area contributed by atoms with E-state index in [4.69, 9.17) is 14.2 Å². The highest BCUT2D eigenvalue weighted by Crippen LogP contribution is 2.12. The van der Waals surface area contributed by atoms with Crippen LogP contribution in [0.25, 0.3) is 0 Å². The van der Waals surface area contributed by atoms with E-state index in [-0.39, 0.29) is 18.2 Å². The average Bonchev–Trinajstić information content (AvgIpc) is 2.42. The summed E-state index contributed by atoms with van der Waals surface area (Å²) >= 11 is 0. The summed E-state index contributed by atoms with van der Waals surface area (Å²) in [6.45, 7) is 4.84. The van der Waals surface area contributed by atoms with E-state index in [0.717, 1.165) is 0 Å². The Morgan fingerprint density at radius 2 is 1.80 bits per heavy atom. The van der Waals surface area contributed by atoms with Crippen LogP contribution in [0.5, 0.6) is 6.01 Å². The van der Waals surface area contributed by atoms with Crippen LogP contribution in [0.1, 0.15) is 13.8 Å². The van der Waals surface area contributed by atoms with Gasteiger partial charge in [0.25, 0.3) is 0 Å². The Hall–Kier alpha value is -1.67. The van der Waals surface area contributed by atoms with Gasteiger partial charge < -0.3 is 24.8 Å². The summed E-state index contributed by atoms with van der Waals surface area (Å²) in [6, 6.07) is 0.280. The molecule has 0 bridgehead atoms. The summed E-state index contributed by atoms with van der Waals surface area (Å²) in [6.07, 6.45) is -0.0839. The fourth-order valence-corrected chi connectivity index (χ4v) is 1.41. The van der Waals surface area contributed by atoms with Gasteiger partial charge in [-0.2, -0.15) is 15.0 Å². The molecule has 0 aliphatic heterocycles. The van der Waals surface area contributed by atoms with Crippen LogP contribution in [0.15, 0.2) is 0 Å². The average molecular weight is 285 g/mol. The first-order valence-electron chi connectivity index (χ1n) is 6.45. The molecule has 0 spiro atoms. The third-order valence-electron chi connectivity index (χ3n) is 2.35. The number of nitrogens with one attached hydrogen (secondary N) is 2. The molecule has 0 saturated heterocycles. The maximum absolute atomic E-state index is 5.48. The Morgan fingerprint density at radius 1 is 1.10 bits per heavy atom. The predicted molar refractivity (Wildman–Crippen MR) is 76.3 cm³/mol. The molecule has 0 saturated carbocycles. The van der Waals surface area contributed by atoms with E-state index in [1.807, 2.05) is 13.8 Å². The van der Waals surface area contributed by atoms with Crippen LogP contribution in [0.2, 0.25) is 0 Å². The molecule has 1 aromatic rings. The van der Waals surface area contributed by atoms with Gasteiger partial charge in [0, 0.05) is 27.8 Å². The van der Waals surface area contributed by atoms with Gasteiger partial charge in [0.2, 0.25) is 11.9 Å². The Kier molecular flexibility index (Phi) is 6.96. The summed E-state index contributed by atoms with van der Waals surface area (Å²) in [5.74, 6) is 0.872. The first kappa shape index (κ1) is 16.4. The van der Waals surface area contributed by atoms with Crippen molar-refractivity contribution in [1.29, 1.82) is 0 Å². The summed E-state index contributed by atoms with van der Waals surface area (Å²) in [7, 11) is 4.99. The highest BCUT2D eigenvalue weighted by Gasteiger charge is 2.11. The van der Waals surface area contributed by atoms with Gasteiger partial charge in [-0.3, -0.25) is 0 Å². The smallest absolute Gasteiger partial charge is 0.323 e. The minimum absolute atomic E-state index is 0.00447. The number of rotatable bonds is 9. The van der Waals surface area contributed by atoms with E-state index in [1.54, 1.807) is 21.3 Å². The monoisotopic (exact) mass is 285 g/mol. The van der Waals surface area contributed by atoms with E-state index < -0.39 is 0 Å². The molecule has 8 nitrogen and oxygen atoms in total. The maximum atomic E-state index is 5.48. The fourth-order valence-electron chi connectivity index (χ4n) is 1.41. The number of aromatic nitrogens is 3. The van der Waals surface area contributed by atoms with Gasteiger partial charge in [-0.25, -0.2) is 0 Å². The van der Waals surface area contributed by atoms with Crippen molar-refractivity contribution in [2.24, 2.45) is 0 Å². The topological polar surface area (TPSA) is 90.4 Å². The number of hydrogen-bond donors (Lipinski definition) is 2. The Balaban J connectivity index is 2.72. The van der Waals surface area contributed by atoms with Gasteiger partial charge in [0.15, 0.2) is 0 Å². The molecule has 1 unspecified atom stereocenters. The standard InChI is InChI=1S/C12H23N5O3/c1-8(2)20-12-16-10(13-3)15-11(17-12)14-6-9(19-5)7-18-4/h8-9H,6-7H2,1-5H3,(H2,13,14,15,16,17). The maximum Gasteiger partial charge on any atom is 0.323 e. The molecule has 1 aromatic heterocycles. The summed E-state index contributed by atoms with van der Waals surface area (Å²) in [5, 5.41) is 5.95. The Morgan fingerprint density at radius 3 is 2.35 bits per heavy atom. The minimum Gasteiger partial charge on any atom is -0.461 e. The van der Waals surface area contributed by atoms with Crippen LogP contribution in [-0.4, -0.2) is 61.6 Å². The number of anilines is 2. The molecule has 0 aliphatic carbocycles. The molecule has 1 atom stereocenters. The van der Waals surface area contributed by atoms with Gasteiger partial charge in [-0.1, -0.05) is 0 Å². The normalized spacial score (nSPS) is 12.3. The summed E-state index contributed by atoms with van der Waals surface area (Å²) in [4.78, 5) is 12.5. The summed E-state index contributed by atoms with van der Waals surface area (Å²) in [5.41, 5.74) is 0. The van der Waals surface area contributed by atoms with Crippen LogP contribution in [-0.2, 0) is 9.47 Å². The zero-order valence-corrected chi connectivity index (χ0v) is 12.6. The van der Waals surface area contributed by atoms with E-state index in [0.29, 0.717) is 25.0 Å². The minimum atomic E-state index is -0.0794. The second-order valence-corrected chi connectivity index (χ2v) is 4.38. The van der Waals surface area contributed by atoms with E-state index in [9.17, 15) is 0 Å². The van der Waals surface area contributed by atoms with Gasteiger partial charge in [0.1, 0.15) is 0 Å². The Bertz CT molecular complexity index is 403. The molecule has 1 rings (SSSR count). The second kappa shape index (κ2) is 8.49. The van der Waals surface area contributed by atoms with E-state index in [1.165, 1.54) is 0 Å². The molecule has 1 heterocycles. The van der Waals surface area contributed by atoms with E-state index >= 15 is 0 Å². The fraction of sp³-hybridized carbons (Fsp3) is 0.750. The molecule has 114 valence electrons. The number of methoxy groups -OCH3 is 2. The van der Waals surface area contributed by atoms with Gasteiger partial charge in [0.05, 0.1) is 18.8 Å². The first-order valence-corrected chi connectivity index (χ1v) is 6.45. The summed E-state index contributed by atoms with van der Waals surface area (Å²) < 4.78 is 15.8. The van der Waals surface area contributed by atoms with Crippen molar-refractivity contribution in [3.63, 3.8) is 0 Å². The third-order valence-corrected chi connectivity index (χ3v) is 2.35. The lowest BCUT2D eigenvalue weighted by Crippen LogP contribution is -2.27. The van der Waals surface area contributed by atoms with E-state index in [2.05, 4.69) is 25.6 Å². The van der Waals surface area contributed by atoms with Crippen molar-refractivity contribution in [3.05, 3.63) is 0 Å². The molecule has 0 radical (unpaired) electrons. The van der Waals surface area contributed by atoms with Crippen molar-refractivity contribution < 1.29 is 14.2 Å². The van der Waals surface area contributed by atoms with Crippen LogP contribution in [0.3, 0.4) is 0 Å². The molecule has 0 amide bonds. The largest absolute Gasteiger partial charge is 0.461 e. The molecule has 2 N–H and O–H groups in total. The first-order chi connectivity index (χ1) is 9.58. The van der Waals surface area contributed by atoms with Crippen molar-refractivity contribution in [1.82, 2.24) is 15.0 Å². The highest BCUT2D eigenvalue weighted by molar-refractivity contribution is 5.35. The van der Waals surface area contributed by atoms with Crippen LogP contribution >= 0.6 is 0 Å². The zero-order chi connectivity index (χ0) is 15.0.